The van der Waals surface area contributed by atoms with Crippen LogP contribution in [0, 0.1) is 17.0 Å². The van der Waals surface area contributed by atoms with Gasteiger partial charge in [-0.05, 0) is 6.92 Å². The summed E-state index contributed by atoms with van der Waals surface area (Å²) in [6.45, 7) is 1.41. The molecular formula is C8H7ClF2N2O2. The van der Waals surface area contributed by atoms with Gasteiger partial charge in [-0.25, -0.2) is 8.78 Å². The Bertz CT molecular complexity index is 398. The van der Waals surface area contributed by atoms with Crippen LogP contribution in [0.4, 0.5) is 14.5 Å². The summed E-state index contributed by atoms with van der Waals surface area (Å²) in [6, 6.07) is 1.13. The van der Waals surface area contributed by atoms with E-state index in [4.69, 9.17) is 11.6 Å². The highest BCUT2D eigenvalue weighted by atomic mass is 35.5. The SMILES string of the molecule is Cc1cc([N+](=O)[O-])c(CCl)c(C(F)F)n1. The summed E-state index contributed by atoms with van der Waals surface area (Å²) in [5.41, 5.74) is -1.07. The van der Waals surface area contributed by atoms with Gasteiger partial charge in [-0.15, -0.1) is 11.6 Å². The Morgan fingerprint density at radius 2 is 2.27 bits per heavy atom. The minimum Gasteiger partial charge on any atom is -0.258 e. The quantitative estimate of drug-likeness (QED) is 0.461. The fourth-order valence-electron chi connectivity index (χ4n) is 1.19. The van der Waals surface area contributed by atoms with Crippen LogP contribution >= 0.6 is 11.6 Å². The minimum absolute atomic E-state index is 0.172. The topological polar surface area (TPSA) is 56.0 Å². The van der Waals surface area contributed by atoms with Crippen molar-refractivity contribution < 1.29 is 13.7 Å². The standard InChI is InChI=1S/C8H7ClF2N2O2/c1-4-2-6(13(14)15)5(3-9)7(12-4)8(10)11/h2,8H,3H2,1H3. The van der Waals surface area contributed by atoms with E-state index < -0.39 is 22.7 Å². The molecule has 0 N–H and O–H groups in total. The summed E-state index contributed by atoms with van der Waals surface area (Å²) < 4.78 is 25.0. The fraction of sp³-hybridized carbons (Fsp3) is 0.375. The van der Waals surface area contributed by atoms with Crippen molar-refractivity contribution in [3.05, 3.63) is 33.1 Å². The summed E-state index contributed by atoms with van der Waals surface area (Å²) in [5.74, 6) is -0.358. The van der Waals surface area contributed by atoms with Gasteiger partial charge in [-0.1, -0.05) is 0 Å². The number of nitro groups is 1. The van der Waals surface area contributed by atoms with Crippen LogP contribution in [0.2, 0.25) is 0 Å². The molecule has 0 fully saturated rings. The van der Waals surface area contributed by atoms with E-state index in [-0.39, 0.29) is 17.1 Å². The number of aryl methyl sites for hydroxylation is 1. The Morgan fingerprint density at radius 3 is 2.67 bits per heavy atom. The molecule has 7 heteroatoms. The van der Waals surface area contributed by atoms with E-state index in [0.29, 0.717) is 0 Å². The second kappa shape index (κ2) is 4.48. The first-order valence-electron chi connectivity index (χ1n) is 3.96. The molecular weight excluding hydrogens is 230 g/mol. The molecule has 0 bridgehead atoms. The van der Waals surface area contributed by atoms with Crippen LogP contribution < -0.4 is 0 Å². The normalized spacial score (nSPS) is 10.7. The average molecular weight is 237 g/mol. The molecule has 15 heavy (non-hydrogen) atoms. The monoisotopic (exact) mass is 236 g/mol. The molecule has 0 aliphatic rings. The molecule has 0 amide bonds. The first-order valence-corrected chi connectivity index (χ1v) is 4.49. The molecule has 0 aromatic carbocycles. The lowest BCUT2D eigenvalue weighted by Crippen LogP contribution is -2.04. The van der Waals surface area contributed by atoms with Crippen molar-refractivity contribution in [1.29, 1.82) is 0 Å². The van der Waals surface area contributed by atoms with E-state index in [1.54, 1.807) is 0 Å². The third-order valence-corrected chi connectivity index (χ3v) is 2.07. The summed E-state index contributed by atoms with van der Waals surface area (Å²) in [5, 5.41) is 10.6. The van der Waals surface area contributed by atoms with Crippen molar-refractivity contribution in [2.24, 2.45) is 0 Å². The molecule has 0 radical (unpaired) electrons. The Labute approximate surface area is 89.0 Å². The zero-order valence-corrected chi connectivity index (χ0v) is 8.46. The maximum Gasteiger partial charge on any atom is 0.280 e. The van der Waals surface area contributed by atoms with E-state index in [1.165, 1.54) is 6.92 Å². The highest BCUT2D eigenvalue weighted by Gasteiger charge is 2.24. The highest BCUT2D eigenvalue weighted by molar-refractivity contribution is 6.17. The van der Waals surface area contributed by atoms with Crippen LogP contribution in [0.15, 0.2) is 6.07 Å². The van der Waals surface area contributed by atoms with Gasteiger partial charge in [0.25, 0.3) is 12.1 Å². The summed E-state index contributed by atoms with van der Waals surface area (Å²) in [4.78, 5) is 13.4. The number of hydrogen-bond donors (Lipinski definition) is 0. The van der Waals surface area contributed by atoms with E-state index in [9.17, 15) is 18.9 Å². The van der Waals surface area contributed by atoms with Crippen molar-refractivity contribution >= 4 is 17.3 Å². The summed E-state index contributed by atoms with van der Waals surface area (Å²) in [7, 11) is 0. The van der Waals surface area contributed by atoms with Crippen LogP contribution in [0.3, 0.4) is 0 Å². The summed E-state index contributed by atoms with van der Waals surface area (Å²) >= 11 is 5.40. The number of hydrogen-bond acceptors (Lipinski definition) is 3. The predicted octanol–water partition coefficient (Wildman–Crippen LogP) is 2.97. The van der Waals surface area contributed by atoms with Crippen LogP contribution in [0.25, 0.3) is 0 Å². The van der Waals surface area contributed by atoms with Crippen molar-refractivity contribution in [1.82, 2.24) is 4.98 Å². The van der Waals surface area contributed by atoms with Gasteiger partial charge < -0.3 is 0 Å². The average Bonchev–Trinajstić information content (AvgIpc) is 2.16. The predicted molar refractivity (Wildman–Crippen MR) is 50.1 cm³/mol. The maximum atomic E-state index is 12.5. The Hall–Kier alpha value is -1.30. The molecule has 82 valence electrons. The number of alkyl halides is 3. The minimum atomic E-state index is -2.86. The Balaban J connectivity index is 3.45. The van der Waals surface area contributed by atoms with Gasteiger partial charge in [-0.2, -0.15) is 0 Å². The van der Waals surface area contributed by atoms with Crippen molar-refractivity contribution in [3.63, 3.8) is 0 Å². The second-order valence-corrected chi connectivity index (χ2v) is 3.11. The highest BCUT2D eigenvalue weighted by Crippen LogP contribution is 2.30. The Morgan fingerprint density at radius 1 is 1.67 bits per heavy atom. The zero-order valence-electron chi connectivity index (χ0n) is 7.71. The van der Waals surface area contributed by atoms with Gasteiger partial charge in [0.05, 0.1) is 16.4 Å². The smallest absolute Gasteiger partial charge is 0.258 e. The summed E-state index contributed by atoms with van der Waals surface area (Å²) in [6.07, 6.45) is -2.86. The molecule has 0 aliphatic heterocycles. The second-order valence-electron chi connectivity index (χ2n) is 2.84. The largest absolute Gasteiger partial charge is 0.280 e. The van der Waals surface area contributed by atoms with Gasteiger partial charge in [0.2, 0.25) is 0 Å². The van der Waals surface area contributed by atoms with Crippen LogP contribution in [-0.4, -0.2) is 9.91 Å². The lowest BCUT2D eigenvalue weighted by molar-refractivity contribution is -0.385. The third-order valence-electron chi connectivity index (χ3n) is 1.80. The molecule has 0 saturated carbocycles. The molecule has 0 atom stereocenters. The van der Waals surface area contributed by atoms with Crippen molar-refractivity contribution in [2.45, 2.75) is 19.2 Å². The van der Waals surface area contributed by atoms with Gasteiger partial charge in [-0.3, -0.25) is 15.1 Å². The molecule has 0 aliphatic carbocycles. The van der Waals surface area contributed by atoms with Gasteiger partial charge in [0.1, 0.15) is 5.69 Å². The van der Waals surface area contributed by atoms with Crippen LogP contribution in [0.5, 0.6) is 0 Å². The number of rotatable bonds is 3. The molecule has 1 aromatic rings. The molecule has 4 nitrogen and oxygen atoms in total. The lowest BCUT2D eigenvalue weighted by atomic mass is 10.1. The van der Waals surface area contributed by atoms with Crippen molar-refractivity contribution in [2.75, 3.05) is 0 Å². The lowest BCUT2D eigenvalue weighted by Gasteiger charge is -2.06. The zero-order chi connectivity index (χ0) is 11.6. The number of nitrogens with zero attached hydrogens (tertiary/aromatic N) is 2. The fourth-order valence-corrected chi connectivity index (χ4v) is 1.46. The van der Waals surface area contributed by atoms with E-state index >= 15 is 0 Å². The van der Waals surface area contributed by atoms with Gasteiger partial charge in [0.15, 0.2) is 0 Å². The van der Waals surface area contributed by atoms with Crippen LogP contribution in [-0.2, 0) is 5.88 Å². The first-order chi connectivity index (χ1) is 6.97. The van der Waals surface area contributed by atoms with Crippen molar-refractivity contribution in [3.8, 4) is 0 Å². The molecule has 0 saturated heterocycles. The van der Waals surface area contributed by atoms with E-state index in [2.05, 4.69) is 4.98 Å². The third kappa shape index (κ3) is 2.38. The van der Waals surface area contributed by atoms with Gasteiger partial charge in [0, 0.05) is 11.8 Å². The van der Waals surface area contributed by atoms with E-state index in [0.717, 1.165) is 6.07 Å². The number of halogens is 3. The molecule has 0 unspecified atom stereocenters. The first kappa shape index (κ1) is 11.8. The molecule has 1 heterocycles. The van der Waals surface area contributed by atoms with Crippen LogP contribution in [0.1, 0.15) is 23.4 Å². The van der Waals surface area contributed by atoms with Gasteiger partial charge >= 0.3 is 0 Å². The maximum absolute atomic E-state index is 12.5. The Kier molecular flexibility index (Phi) is 3.52. The molecule has 1 aromatic heterocycles. The van der Waals surface area contributed by atoms with E-state index in [1.807, 2.05) is 0 Å². The molecule has 1 rings (SSSR count). The molecule has 0 spiro atoms. The number of aromatic nitrogens is 1. The number of pyridine rings is 1.